The van der Waals surface area contributed by atoms with Gasteiger partial charge in [-0.3, -0.25) is 9.59 Å². The van der Waals surface area contributed by atoms with Gasteiger partial charge in [-0.25, -0.2) is 0 Å². The zero-order valence-corrected chi connectivity index (χ0v) is 20.6. The average Bonchev–Trinajstić information content (AvgIpc) is 2.82. The van der Waals surface area contributed by atoms with Gasteiger partial charge in [-0.2, -0.15) is 0 Å². The molecule has 2 aromatic rings. The fraction of sp³-hybridized carbons (Fsp3) is 0.481. The molecule has 0 aliphatic carbocycles. The number of hydrogen-bond donors (Lipinski definition) is 1. The van der Waals surface area contributed by atoms with Gasteiger partial charge in [-0.15, -0.1) is 0 Å². The summed E-state index contributed by atoms with van der Waals surface area (Å²) >= 11 is 0. The molecule has 0 aliphatic heterocycles. The van der Waals surface area contributed by atoms with Crippen LogP contribution in [0.5, 0.6) is 11.5 Å². The number of nitrogens with one attached hydrogen (secondary N) is 1. The van der Waals surface area contributed by atoms with Gasteiger partial charge in [0.25, 0.3) is 0 Å². The predicted octanol–water partition coefficient (Wildman–Crippen LogP) is 4.88. The van der Waals surface area contributed by atoms with E-state index in [2.05, 4.69) is 5.32 Å². The number of carbonyl (C=O) groups excluding carboxylic acids is 2. The third-order valence-electron chi connectivity index (χ3n) is 5.70. The molecule has 33 heavy (non-hydrogen) atoms. The van der Waals surface area contributed by atoms with Crippen molar-refractivity contribution in [3.8, 4) is 11.5 Å². The molecule has 6 heteroatoms. The van der Waals surface area contributed by atoms with E-state index < -0.39 is 6.04 Å². The first-order valence-electron chi connectivity index (χ1n) is 11.8. The van der Waals surface area contributed by atoms with Crippen LogP contribution < -0.4 is 14.8 Å². The van der Waals surface area contributed by atoms with E-state index in [0.29, 0.717) is 32.4 Å². The van der Waals surface area contributed by atoms with Crippen molar-refractivity contribution in [3.05, 3.63) is 59.7 Å². The smallest absolute Gasteiger partial charge is 0.243 e. The van der Waals surface area contributed by atoms with Gasteiger partial charge in [-0.1, -0.05) is 43.7 Å². The maximum absolute atomic E-state index is 13.3. The van der Waals surface area contributed by atoms with Crippen LogP contribution in [-0.2, 0) is 16.1 Å². The Morgan fingerprint density at radius 2 is 1.76 bits per heavy atom. The van der Waals surface area contributed by atoms with Gasteiger partial charge in [0, 0.05) is 19.0 Å². The maximum atomic E-state index is 13.3. The van der Waals surface area contributed by atoms with Crippen LogP contribution in [0.2, 0.25) is 0 Å². The Kier molecular flexibility index (Phi) is 10.7. The van der Waals surface area contributed by atoms with Crippen LogP contribution in [0.4, 0.5) is 0 Å². The van der Waals surface area contributed by atoms with E-state index in [1.54, 1.807) is 12.0 Å². The first-order chi connectivity index (χ1) is 15.9. The molecule has 180 valence electrons. The minimum absolute atomic E-state index is 0.0585. The van der Waals surface area contributed by atoms with Gasteiger partial charge >= 0.3 is 0 Å². The molecular formula is C27H38N2O4. The van der Waals surface area contributed by atoms with E-state index in [1.807, 2.05) is 76.2 Å². The summed E-state index contributed by atoms with van der Waals surface area (Å²) in [6, 6.07) is 15.0. The molecule has 0 unspecified atom stereocenters. The van der Waals surface area contributed by atoms with E-state index >= 15 is 0 Å². The van der Waals surface area contributed by atoms with Gasteiger partial charge < -0.3 is 19.7 Å². The van der Waals surface area contributed by atoms with Crippen molar-refractivity contribution in [2.75, 3.05) is 13.7 Å². The Balaban J connectivity index is 2.09. The first kappa shape index (κ1) is 26.2. The van der Waals surface area contributed by atoms with Crippen molar-refractivity contribution in [2.45, 2.75) is 72.0 Å². The summed E-state index contributed by atoms with van der Waals surface area (Å²) in [5.74, 6) is 1.35. The lowest BCUT2D eigenvalue weighted by molar-refractivity contribution is -0.141. The largest absolute Gasteiger partial charge is 0.497 e. The number of methoxy groups -OCH3 is 1. The Hall–Kier alpha value is -3.02. The van der Waals surface area contributed by atoms with Gasteiger partial charge in [0.2, 0.25) is 11.8 Å². The lowest BCUT2D eigenvalue weighted by atomic mass is 10.1. The number of hydrogen-bond acceptors (Lipinski definition) is 4. The standard InChI is InChI=1S/C27H38N2O4/c1-6-21(4)28-27(31)25(7-2)29(19-22-10-8-11-24(18-22)32-5)26(30)12-9-17-33-23-15-13-20(3)14-16-23/h8,10-11,13-16,18,21,25H,6-7,9,12,17,19H2,1-5H3,(H,28,31)/t21-,25+/m1/s1. The molecule has 0 saturated heterocycles. The molecule has 2 rings (SSSR count). The molecule has 1 N–H and O–H groups in total. The zero-order valence-electron chi connectivity index (χ0n) is 20.6. The van der Waals surface area contributed by atoms with Crippen molar-refractivity contribution < 1.29 is 19.1 Å². The summed E-state index contributed by atoms with van der Waals surface area (Å²) in [5.41, 5.74) is 2.10. The molecule has 0 fully saturated rings. The van der Waals surface area contributed by atoms with E-state index in [1.165, 1.54) is 5.56 Å². The first-order valence-corrected chi connectivity index (χ1v) is 11.8. The number of ether oxygens (including phenoxy) is 2. The van der Waals surface area contributed by atoms with Crippen molar-refractivity contribution in [1.82, 2.24) is 10.2 Å². The minimum Gasteiger partial charge on any atom is -0.497 e. The van der Waals surface area contributed by atoms with E-state index in [4.69, 9.17) is 9.47 Å². The van der Waals surface area contributed by atoms with E-state index in [0.717, 1.165) is 23.5 Å². The number of amides is 2. The van der Waals surface area contributed by atoms with Crippen molar-refractivity contribution >= 4 is 11.8 Å². The van der Waals surface area contributed by atoms with Crippen LogP contribution >= 0.6 is 0 Å². The highest BCUT2D eigenvalue weighted by Crippen LogP contribution is 2.19. The molecule has 2 aromatic carbocycles. The molecule has 0 radical (unpaired) electrons. The summed E-state index contributed by atoms with van der Waals surface area (Å²) in [6.07, 6.45) is 2.26. The second-order valence-corrected chi connectivity index (χ2v) is 8.38. The van der Waals surface area contributed by atoms with Gasteiger partial charge in [0.15, 0.2) is 0 Å². The molecule has 0 aromatic heterocycles. The van der Waals surface area contributed by atoms with Crippen molar-refractivity contribution in [3.63, 3.8) is 0 Å². The molecular weight excluding hydrogens is 416 g/mol. The number of carbonyl (C=O) groups is 2. The number of rotatable bonds is 13. The van der Waals surface area contributed by atoms with Crippen LogP contribution in [0, 0.1) is 6.92 Å². The monoisotopic (exact) mass is 454 g/mol. The zero-order chi connectivity index (χ0) is 24.2. The third kappa shape index (κ3) is 8.44. The molecule has 2 amide bonds. The molecule has 0 heterocycles. The van der Waals surface area contributed by atoms with E-state index in [9.17, 15) is 9.59 Å². The van der Waals surface area contributed by atoms with Crippen LogP contribution in [-0.4, -0.2) is 42.5 Å². The van der Waals surface area contributed by atoms with Crippen molar-refractivity contribution in [1.29, 1.82) is 0 Å². The highest BCUT2D eigenvalue weighted by molar-refractivity contribution is 5.87. The Morgan fingerprint density at radius 3 is 2.39 bits per heavy atom. The summed E-state index contributed by atoms with van der Waals surface area (Å²) in [7, 11) is 1.62. The minimum atomic E-state index is -0.532. The van der Waals surface area contributed by atoms with Gasteiger partial charge in [-0.05, 0) is 62.9 Å². The van der Waals surface area contributed by atoms with Gasteiger partial charge in [0.05, 0.1) is 13.7 Å². The number of nitrogens with zero attached hydrogens (tertiary/aromatic N) is 1. The van der Waals surface area contributed by atoms with Gasteiger partial charge in [0.1, 0.15) is 17.5 Å². The van der Waals surface area contributed by atoms with Crippen LogP contribution in [0.25, 0.3) is 0 Å². The van der Waals surface area contributed by atoms with Crippen LogP contribution in [0.3, 0.4) is 0 Å². The molecule has 0 spiro atoms. The quantitative estimate of drug-likeness (QED) is 0.438. The maximum Gasteiger partial charge on any atom is 0.243 e. The second kappa shape index (κ2) is 13.5. The lowest BCUT2D eigenvalue weighted by Crippen LogP contribution is -2.50. The topological polar surface area (TPSA) is 67.9 Å². The Morgan fingerprint density at radius 1 is 1.03 bits per heavy atom. The summed E-state index contributed by atoms with van der Waals surface area (Å²) < 4.78 is 11.1. The molecule has 6 nitrogen and oxygen atoms in total. The normalized spacial score (nSPS) is 12.5. The third-order valence-corrected chi connectivity index (χ3v) is 5.70. The number of aryl methyl sites for hydroxylation is 1. The highest BCUT2D eigenvalue weighted by Gasteiger charge is 2.29. The second-order valence-electron chi connectivity index (χ2n) is 8.38. The van der Waals surface area contributed by atoms with Crippen LogP contribution in [0.1, 0.15) is 57.6 Å². The summed E-state index contributed by atoms with van der Waals surface area (Å²) in [6.45, 7) is 8.76. The Labute approximate surface area is 198 Å². The predicted molar refractivity (Wildman–Crippen MR) is 131 cm³/mol. The molecule has 0 saturated carbocycles. The van der Waals surface area contributed by atoms with Crippen LogP contribution in [0.15, 0.2) is 48.5 Å². The fourth-order valence-electron chi connectivity index (χ4n) is 3.52. The summed E-state index contributed by atoms with van der Waals surface area (Å²) in [4.78, 5) is 28.0. The fourth-order valence-corrected chi connectivity index (χ4v) is 3.52. The average molecular weight is 455 g/mol. The Bertz CT molecular complexity index is 882. The molecule has 0 aliphatic rings. The lowest BCUT2D eigenvalue weighted by Gasteiger charge is -2.31. The highest BCUT2D eigenvalue weighted by atomic mass is 16.5. The summed E-state index contributed by atoms with van der Waals surface area (Å²) in [5, 5.41) is 3.04. The number of benzene rings is 2. The SMILES string of the molecule is CC[C@@H](C)NC(=O)[C@H](CC)N(Cc1cccc(OC)c1)C(=O)CCCOc1ccc(C)cc1. The van der Waals surface area contributed by atoms with E-state index in [-0.39, 0.29) is 17.9 Å². The molecule has 2 atom stereocenters. The molecule has 0 bridgehead atoms. The van der Waals surface area contributed by atoms with Crippen molar-refractivity contribution in [2.24, 2.45) is 0 Å².